The normalized spacial score (nSPS) is 13.3. The minimum Gasteiger partial charge on any atom is -0.456 e. The number of benzene rings is 8. The van der Waals surface area contributed by atoms with E-state index < -0.39 is 30.0 Å². The molecule has 0 unspecified atom stereocenters. The van der Waals surface area contributed by atoms with Crippen LogP contribution in [0.25, 0.3) is 50.0 Å². The molecular formula is C61H48BF4N3O. The van der Waals surface area contributed by atoms with Gasteiger partial charge in [-0.1, -0.05) is 114 Å². The highest BCUT2D eigenvalue weighted by molar-refractivity contribution is 7.01. The number of hydrogen-bond donors (Lipinski definition) is 0. The number of anilines is 6. The van der Waals surface area contributed by atoms with Crippen molar-refractivity contribution >= 4 is 79.2 Å². The number of hydrogen-bond acceptors (Lipinski definition) is 3. The van der Waals surface area contributed by atoms with E-state index in [4.69, 9.17) is 4.42 Å². The number of fused-ring (bicyclic) bond motifs is 7. The van der Waals surface area contributed by atoms with Crippen LogP contribution < -0.4 is 26.2 Å². The van der Waals surface area contributed by atoms with Gasteiger partial charge < -0.3 is 9.32 Å². The Morgan fingerprint density at radius 2 is 1.04 bits per heavy atom. The maximum absolute atomic E-state index is 15.8. The molecule has 0 atom stereocenters. The molecule has 4 nitrogen and oxygen atoms in total. The molecule has 2 aliphatic rings. The van der Waals surface area contributed by atoms with Crippen LogP contribution in [0.1, 0.15) is 58.2 Å². The molecule has 0 bridgehead atoms. The van der Waals surface area contributed by atoms with Crippen molar-refractivity contribution in [2.45, 2.75) is 59.3 Å². The first-order chi connectivity index (χ1) is 33.5. The van der Waals surface area contributed by atoms with Crippen LogP contribution in [0.5, 0.6) is 0 Å². The van der Waals surface area contributed by atoms with E-state index in [2.05, 4.69) is 142 Å². The van der Waals surface area contributed by atoms with Gasteiger partial charge in [0.1, 0.15) is 40.4 Å². The highest BCUT2D eigenvalue weighted by Gasteiger charge is 2.47. The summed E-state index contributed by atoms with van der Waals surface area (Å²) in [6.45, 7) is 14.9. The molecule has 0 saturated carbocycles. The first-order valence-corrected chi connectivity index (χ1v) is 23.7. The maximum Gasteiger partial charge on any atom is 0.255 e. The number of aromatic nitrogens is 1. The molecule has 0 N–H and O–H groups in total. The molecule has 2 aromatic heterocycles. The Morgan fingerprint density at radius 1 is 0.486 bits per heavy atom. The predicted molar refractivity (Wildman–Crippen MR) is 280 cm³/mol. The first-order valence-electron chi connectivity index (χ1n) is 23.7. The Balaban J connectivity index is 1.23. The molecule has 344 valence electrons. The van der Waals surface area contributed by atoms with E-state index in [9.17, 15) is 0 Å². The van der Waals surface area contributed by atoms with Crippen molar-refractivity contribution in [2.75, 3.05) is 9.80 Å². The zero-order valence-electron chi connectivity index (χ0n) is 39.9. The summed E-state index contributed by atoms with van der Waals surface area (Å²) in [5, 5.41) is 1.58. The van der Waals surface area contributed by atoms with Crippen LogP contribution in [0.3, 0.4) is 0 Å². The van der Waals surface area contributed by atoms with Crippen LogP contribution in [0.2, 0.25) is 0 Å². The second kappa shape index (κ2) is 15.6. The van der Waals surface area contributed by atoms with E-state index in [0.29, 0.717) is 16.5 Å². The maximum atomic E-state index is 15.8. The smallest absolute Gasteiger partial charge is 0.255 e. The third kappa shape index (κ3) is 6.73. The summed E-state index contributed by atoms with van der Waals surface area (Å²) in [5.74, 6) is -1.76. The lowest BCUT2D eigenvalue weighted by atomic mass is 9.33. The lowest BCUT2D eigenvalue weighted by Crippen LogP contribution is -2.61. The van der Waals surface area contributed by atoms with Gasteiger partial charge in [-0.2, -0.15) is 0 Å². The summed E-state index contributed by atoms with van der Waals surface area (Å²) in [4.78, 5) is 4.64. The fourth-order valence-corrected chi connectivity index (χ4v) is 10.8. The fraction of sp³-hybridized carbons (Fsp3) is 0.148. The van der Waals surface area contributed by atoms with Gasteiger partial charge in [-0.15, -0.1) is 0 Å². The molecule has 10 aromatic rings. The molecule has 0 aliphatic carbocycles. The second-order valence-corrected chi connectivity index (χ2v) is 20.8. The quantitative estimate of drug-likeness (QED) is 0.127. The molecule has 4 heterocycles. The largest absolute Gasteiger partial charge is 0.456 e. The predicted octanol–water partition coefficient (Wildman–Crippen LogP) is 15.3. The fourth-order valence-electron chi connectivity index (χ4n) is 10.8. The average molecular weight is 926 g/mol. The van der Waals surface area contributed by atoms with Crippen LogP contribution in [-0.4, -0.2) is 11.3 Å². The molecule has 0 radical (unpaired) electrons. The van der Waals surface area contributed by atoms with Crippen molar-refractivity contribution in [1.82, 2.24) is 4.57 Å². The Kier molecular flexibility index (Phi) is 9.71. The van der Waals surface area contributed by atoms with Crippen LogP contribution >= 0.6 is 0 Å². The van der Waals surface area contributed by atoms with Gasteiger partial charge in [0.05, 0.1) is 16.6 Å². The topological polar surface area (TPSA) is 24.6 Å². The van der Waals surface area contributed by atoms with Crippen molar-refractivity contribution < 1.29 is 22.0 Å². The molecule has 0 spiro atoms. The number of nitrogens with zero attached hydrogens (tertiary/aromatic N) is 3. The van der Waals surface area contributed by atoms with E-state index in [1.807, 2.05) is 42.5 Å². The van der Waals surface area contributed by atoms with Crippen molar-refractivity contribution in [1.29, 1.82) is 0 Å². The zero-order chi connectivity index (χ0) is 48.5. The van der Waals surface area contributed by atoms with Crippen LogP contribution in [-0.2, 0) is 10.8 Å². The van der Waals surface area contributed by atoms with Gasteiger partial charge in [-0.3, -0.25) is 9.47 Å². The molecule has 0 amide bonds. The highest BCUT2D eigenvalue weighted by atomic mass is 19.1. The van der Waals surface area contributed by atoms with Crippen LogP contribution in [0, 0.1) is 30.2 Å². The summed E-state index contributed by atoms with van der Waals surface area (Å²) in [6, 6.07) is 51.4. The molecule has 12 rings (SSSR count). The summed E-state index contributed by atoms with van der Waals surface area (Å²) in [6.07, 6.45) is 0. The number of rotatable bonds is 5. The van der Waals surface area contributed by atoms with Crippen molar-refractivity contribution in [3.05, 3.63) is 204 Å². The Labute approximate surface area is 405 Å². The summed E-state index contributed by atoms with van der Waals surface area (Å²) in [5.41, 5.74) is 13.1. The van der Waals surface area contributed by atoms with Gasteiger partial charge in [0, 0.05) is 45.6 Å². The average Bonchev–Trinajstić information content (AvgIpc) is 3.89. The monoisotopic (exact) mass is 925 g/mol. The van der Waals surface area contributed by atoms with E-state index in [-0.39, 0.29) is 27.7 Å². The van der Waals surface area contributed by atoms with Crippen molar-refractivity contribution in [2.24, 2.45) is 0 Å². The highest BCUT2D eigenvalue weighted by Crippen LogP contribution is 2.49. The van der Waals surface area contributed by atoms with E-state index >= 15 is 17.6 Å². The molecule has 9 heteroatoms. The molecule has 0 saturated heterocycles. The lowest BCUT2D eigenvalue weighted by molar-refractivity contribution is 0.566. The Morgan fingerprint density at radius 3 is 1.63 bits per heavy atom. The second-order valence-electron chi connectivity index (χ2n) is 20.8. The zero-order valence-corrected chi connectivity index (χ0v) is 39.9. The van der Waals surface area contributed by atoms with Gasteiger partial charge in [0.25, 0.3) is 6.71 Å². The molecule has 2 aliphatic heterocycles. The number of aryl methyl sites for hydroxylation is 1. The molecule has 70 heavy (non-hydrogen) atoms. The van der Waals surface area contributed by atoms with Crippen LogP contribution in [0.4, 0.5) is 51.8 Å². The standard InChI is InChI=1S/C61H48BF4N3O/c1-35-29-51-58-52(30-35)69(42-26-22-39(23-27-42)61(5,6)7)59-57(43-28-19-36(55-45(63)15-11-16-46(55)64)32-49(43)68(59)40-13-9-8-10-14-40)62(58)44-31-37-33-54(56-47(65)17-12-18-48(56)66)70-53(37)34-50(44)67(51)41-24-20-38(21-25-41)60(2,3)4/h8-34H,1-7H3. The first kappa shape index (κ1) is 43.5. The summed E-state index contributed by atoms with van der Waals surface area (Å²) < 4.78 is 71.2. The third-order valence-corrected chi connectivity index (χ3v) is 14.2. The van der Waals surface area contributed by atoms with Gasteiger partial charge in [0.2, 0.25) is 0 Å². The van der Waals surface area contributed by atoms with Gasteiger partial charge in [0.15, 0.2) is 0 Å². The minimum atomic E-state index is -0.715. The molecule has 0 fully saturated rings. The van der Waals surface area contributed by atoms with Crippen molar-refractivity contribution in [3.63, 3.8) is 0 Å². The summed E-state index contributed by atoms with van der Waals surface area (Å²) >= 11 is 0. The summed E-state index contributed by atoms with van der Waals surface area (Å²) in [7, 11) is 0. The molecular weight excluding hydrogens is 877 g/mol. The van der Waals surface area contributed by atoms with Crippen molar-refractivity contribution in [3.8, 4) is 28.1 Å². The van der Waals surface area contributed by atoms with Gasteiger partial charge in [-0.05, 0) is 147 Å². The lowest BCUT2D eigenvalue weighted by Gasteiger charge is -2.44. The minimum absolute atomic E-state index is 0.0883. The third-order valence-electron chi connectivity index (χ3n) is 14.2. The van der Waals surface area contributed by atoms with E-state index in [0.717, 1.165) is 72.8 Å². The van der Waals surface area contributed by atoms with E-state index in [1.54, 1.807) is 6.07 Å². The number of halogens is 4. The van der Waals surface area contributed by atoms with Crippen LogP contribution in [0.15, 0.2) is 168 Å². The Hall–Kier alpha value is -7.78. The Bertz CT molecular complexity index is 3710. The number of furan rings is 1. The SMILES string of the molecule is Cc1cc2c3c(c1)N(c1ccc(C(C)(C)C)cc1)c1c(c4ccc(-c5c(F)cccc5F)cc4n1-c1ccccc1)B3c1cc3cc(-c4c(F)cccc4F)oc3cc1N2c1ccc(C(C)(C)C)cc1. The number of para-hydroxylation sites is 1. The van der Waals surface area contributed by atoms with E-state index in [1.165, 1.54) is 47.5 Å². The molecule has 8 aromatic carbocycles. The van der Waals surface area contributed by atoms with Gasteiger partial charge >= 0.3 is 0 Å². The van der Waals surface area contributed by atoms with Gasteiger partial charge in [-0.25, -0.2) is 17.6 Å².